The van der Waals surface area contributed by atoms with Crippen molar-refractivity contribution in [2.45, 2.75) is 58.4 Å². The molecular formula is C23H39N5OS. The van der Waals surface area contributed by atoms with Crippen LogP contribution in [0, 0.1) is 5.92 Å². The zero-order valence-corrected chi connectivity index (χ0v) is 19.4. The van der Waals surface area contributed by atoms with Gasteiger partial charge in [0.25, 0.3) is 0 Å². The van der Waals surface area contributed by atoms with Crippen LogP contribution in [0.2, 0.25) is 0 Å². The molecule has 2 aliphatic rings. The molecule has 0 spiro atoms. The van der Waals surface area contributed by atoms with Gasteiger partial charge in [-0.05, 0) is 69.5 Å². The van der Waals surface area contributed by atoms with Crippen molar-refractivity contribution in [1.82, 2.24) is 20.4 Å². The molecule has 1 aromatic heterocycles. The lowest BCUT2D eigenvalue weighted by Gasteiger charge is -2.31. The molecule has 3 heterocycles. The average molecular weight is 434 g/mol. The van der Waals surface area contributed by atoms with Crippen LogP contribution >= 0.6 is 11.3 Å². The van der Waals surface area contributed by atoms with Crippen LogP contribution < -0.4 is 10.6 Å². The number of likely N-dealkylation sites (tertiary alicyclic amines) is 2. The maximum absolute atomic E-state index is 12.1. The fraction of sp³-hybridized carbons (Fsp3) is 0.739. The van der Waals surface area contributed by atoms with E-state index in [0.717, 1.165) is 70.9 Å². The summed E-state index contributed by atoms with van der Waals surface area (Å²) < 4.78 is 0. The highest BCUT2D eigenvalue weighted by atomic mass is 32.1. The first kappa shape index (κ1) is 23.1. The lowest BCUT2D eigenvalue weighted by Crippen LogP contribution is -2.40. The van der Waals surface area contributed by atoms with Crippen molar-refractivity contribution in [2.75, 3.05) is 45.8 Å². The Morgan fingerprint density at radius 1 is 1.20 bits per heavy atom. The molecule has 168 valence electrons. The molecule has 2 aliphatic heterocycles. The van der Waals surface area contributed by atoms with E-state index in [-0.39, 0.29) is 0 Å². The van der Waals surface area contributed by atoms with Gasteiger partial charge in [0.1, 0.15) is 0 Å². The van der Waals surface area contributed by atoms with E-state index >= 15 is 0 Å². The third-order valence-corrected chi connectivity index (χ3v) is 6.95. The normalized spacial score (nSPS) is 19.7. The molecule has 0 unspecified atom stereocenters. The molecule has 2 saturated heterocycles. The van der Waals surface area contributed by atoms with Gasteiger partial charge in [0.05, 0.1) is 0 Å². The molecule has 0 atom stereocenters. The molecule has 6 nitrogen and oxygen atoms in total. The average Bonchev–Trinajstić information content (AvgIpc) is 3.18. The Kier molecular flexibility index (Phi) is 9.96. The van der Waals surface area contributed by atoms with Crippen LogP contribution in [0.3, 0.4) is 0 Å². The van der Waals surface area contributed by atoms with E-state index in [4.69, 9.17) is 4.99 Å². The quantitative estimate of drug-likeness (QED) is 0.356. The van der Waals surface area contributed by atoms with Crippen LogP contribution in [0.5, 0.6) is 0 Å². The fourth-order valence-electron chi connectivity index (χ4n) is 4.26. The van der Waals surface area contributed by atoms with Gasteiger partial charge in [0.15, 0.2) is 5.96 Å². The van der Waals surface area contributed by atoms with Crippen LogP contribution in [0.25, 0.3) is 0 Å². The summed E-state index contributed by atoms with van der Waals surface area (Å²) in [6.45, 7) is 9.95. The molecule has 1 amide bonds. The molecule has 3 rings (SSSR count). The molecule has 2 fully saturated rings. The minimum Gasteiger partial charge on any atom is -0.357 e. The first-order chi connectivity index (χ1) is 14.7. The number of rotatable bonds is 9. The van der Waals surface area contributed by atoms with E-state index in [2.05, 4.69) is 40.0 Å². The monoisotopic (exact) mass is 433 g/mol. The molecule has 0 aromatic carbocycles. The zero-order chi connectivity index (χ0) is 21.0. The van der Waals surface area contributed by atoms with Crippen LogP contribution in [0.1, 0.15) is 56.7 Å². The number of nitrogens with one attached hydrogen (secondary N) is 2. The minimum absolute atomic E-state index is 0.332. The number of thiophene rings is 1. The fourth-order valence-corrected chi connectivity index (χ4v) is 5.01. The van der Waals surface area contributed by atoms with Crippen molar-refractivity contribution in [2.24, 2.45) is 10.9 Å². The van der Waals surface area contributed by atoms with Crippen LogP contribution in [0.15, 0.2) is 22.5 Å². The number of aliphatic imine (C=N–C) groups is 1. The summed E-state index contributed by atoms with van der Waals surface area (Å²) >= 11 is 1.85. The van der Waals surface area contributed by atoms with Crippen LogP contribution in [0.4, 0.5) is 0 Å². The summed E-state index contributed by atoms with van der Waals surface area (Å²) in [6, 6.07) is 4.38. The highest BCUT2D eigenvalue weighted by Crippen LogP contribution is 2.20. The predicted molar refractivity (Wildman–Crippen MR) is 126 cm³/mol. The number of hydrogen-bond donors (Lipinski definition) is 2. The maximum Gasteiger partial charge on any atom is 0.222 e. The number of guanidine groups is 1. The van der Waals surface area contributed by atoms with Crippen molar-refractivity contribution in [3.63, 3.8) is 0 Å². The van der Waals surface area contributed by atoms with Gasteiger partial charge in [0, 0.05) is 50.6 Å². The van der Waals surface area contributed by atoms with Gasteiger partial charge in [-0.25, -0.2) is 0 Å². The van der Waals surface area contributed by atoms with Gasteiger partial charge < -0.3 is 15.5 Å². The van der Waals surface area contributed by atoms with Gasteiger partial charge in [-0.15, -0.1) is 11.3 Å². The van der Waals surface area contributed by atoms with Crippen molar-refractivity contribution in [3.05, 3.63) is 22.4 Å². The standard InChI is InChI=1S/C23H39N5OS/c1-2-24-23(25-12-7-14-28-13-5-3-4-9-22(28)29)26-18-20-10-15-27(16-11-20)19-21-8-6-17-30-21/h6,8,17,20H,2-5,7,9-16,18-19H2,1H3,(H2,24,25,26). The van der Waals surface area contributed by atoms with Crippen LogP contribution in [-0.2, 0) is 11.3 Å². The molecule has 0 aliphatic carbocycles. The van der Waals surface area contributed by atoms with E-state index < -0.39 is 0 Å². The Bertz CT molecular complexity index is 640. The molecule has 2 N–H and O–H groups in total. The van der Waals surface area contributed by atoms with Gasteiger partial charge in [0.2, 0.25) is 5.91 Å². The summed E-state index contributed by atoms with van der Waals surface area (Å²) in [7, 11) is 0. The smallest absolute Gasteiger partial charge is 0.222 e. The minimum atomic E-state index is 0.332. The highest BCUT2D eigenvalue weighted by Gasteiger charge is 2.19. The number of nitrogens with zero attached hydrogens (tertiary/aromatic N) is 3. The number of carbonyl (C=O) groups is 1. The summed E-state index contributed by atoms with van der Waals surface area (Å²) in [6.07, 6.45) is 7.54. The molecule has 30 heavy (non-hydrogen) atoms. The Balaban J connectivity index is 1.34. The highest BCUT2D eigenvalue weighted by molar-refractivity contribution is 7.09. The zero-order valence-electron chi connectivity index (χ0n) is 18.6. The second kappa shape index (κ2) is 13.0. The third kappa shape index (κ3) is 7.91. The topological polar surface area (TPSA) is 60.0 Å². The number of hydrogen-bond acceptors (Lipinski definition) is 4. The lowest BCUT2D eigenvalue weighted by atomic mass is 9.97. The number of piperidine rings is 1. The third-order valence-electron chi connectivity index (χ3n) is 6.09. The molecule has 1 aromatic rings. The van der Waals surface area contributed by atoms with Gasteiger partial charge in [-0.1, -0.05) is 12.5 Å². The summed E-state index contributed by atoms with van der Waals surface area (Å²) in [5.74, 6) is 1.92. The first-order valence-electron chi connectivity index (χ1n) is 11.8. The second-order valence-corrected chi connectivity index (χ2v) is 9.52. The Morgan fingerprint density at radius 2 is 2.07 bits per heavy atom. The van der Waals surface area contributed by atoms with Crippen molar-refractivity contribution >= 4 is 23.2 Å². The largest absolute Gasteiger partial charge is 0.357 e. The SMILES string of the molecule is CCNC(=NCC1CCN(Cc2cccs2)CC1)NCCCN1CCCCCC1=O. The van der Waals surface area contributed by atoms with Gasteiger partial charge in [-0.3, -0.25) is 14.7 Å². The first-order valence-corrected chi connectivity index (χ1v) is 12.7. The second-order valence-electron chi connectivity index (χ2n) is 8.49. The molecule has 7 heteroatoms. The maximum atomic E-state index is 12.1. The van der Waals surface area contributed by atoms with E-state index in [1.165, 1.54) is 37.2 Å². The van der Waals surface area contributed by atoms with Crippen molar-refractivity contribution < 1.29 is 4.79 Å². The summed E-state index contributed by atoms with van der Waals surface area (Å²) in [4.78, 5) is 23.0. The van der Waals surface area contributed by atoms with E-state index in [1.54, 1.807) is 0 Å². The van der Waals surface area contributed by atoms with E-state index in [9.17, 15) is 4.79 Å². The molecule has 0 saturated carbocycles. The summed E-state index contributed by atoms with van der Waals surface area (Å²) in [5, 5.41) is 8.99. The van der Waals surface area contributed by atoms with E-state index in [0.29, 0.717) is 11.8 Å². The summed E-state index contributed by atoms with van der Waals surface area (Å²) in [5.41, 5.74) is 0. The predicted octanol–water partition coefficient (Wildman–Crippen LogP) is 3.31. The van der Waals surface area contributed by atoms with Crippen molar-refractivity contribution in [3.8, 4) is 0 Å². The number of carbonyl (C=O) groups excluding carboxylic acids is 1. The van der Waals surface area contributed by atoms with E-state index in [1.807, 2.05) is 16.2 Å². The Morgan fingerprint density at radius 3 is 2.83 bits per heavy atom. The molecule has 0 radical (unpaired) electrons. The van der Waals surface area contributed by atoms with Gasteiger partial charge >= 0.3 is 0 Å². The van der Waals surface area contributed by atoms with Crippen molar-refractivity contribution in [1.29, 1.82) is 0 Å². The van der Waals surface area contributed by atoms with Gasteiger partial charge in [-0.2, -0.15) is 0 Å². The lowest BCUT2D eigenvalue weighted by molar-refractivity contribution is -0.130. The van der Waals surface area contributed by atoms with Crippen LogP contribution in [-0.4, -0.2) is 67.5 Å². The Labute approximate surface area is 186 Å². The molecule has 0 bridgehead atoms. The Hall–Kier alpha value is -1.60. The number of amides is 1. The molecular weight excluding hydrogens is 394 g/mol.